The predicted octanol–water partition coefficient (Wildman–Crippen LogP) is -0.694. The second-order valence-corrected chi connectivity index (χ2v) is 2.16. The molecule has 56 valence electrons. The summed E-state index contributed by atoms with van der Waals surface area (Å²) in [5.41, 5.74) is 5.25. The van der Waals surface area contributed by atoms with Gasteiger partial charge in [-0.25, -0.2) is 0 Å². The van der Waals surface area contributed by atoms with Gasteiger partial charge in [0.1, 0.15) is 0 Å². The monoisotopic (exact) mass is 132 g/mol. The van der Waals surface area contributed by atoms with E-state index in [9.17, 15) is 0 Å². The molecule has 0 spiro atoms. The summed E-state index contributed by atoms with van der Waals surface area (Å²) in [5.74, 6) is 0. The highest BCUT2D eigenvalue weighted by Crippen LogP contribution is 1.85. The van der Waals surface area contributed by atoms with E-state index < -0.39 is 0 Å². The summed E-state index contributed by atoms with van der Waals surface area (Å²) in [6.45, 7) is 3.78. The van der Waals surface area contributed by atoms with Gasteiger partial charge in [0, 0.05) is 25.7 Å². The van der Waals surface area contributed by atoms with Gasteiger partial charge in [0.15, 0.2) is 0 Å². The van der Waals surface area contributed by atoms with Crippen molar-refractivity contribution in [3.05, 3.63) is 0 Å². The first-order chi connectivity index (χ1) is 4.31. The molecule has 9 heavy (non-hydrogen) atoms. The molecule has 0 aromatic rings. The summed E-state index contributed by atoms with van der Waals surface area (Å²) < 4.78 is 0. The molecule has 0 heterocycles. The zero-order valence-corrected chi connectivity index (χ0v) is 5.93. The van der Waals surface area contributed by atoms with Gasteiger partial charge in [0.05, 0.1) is 0 Å². The third-order valence-corrected chi connectivity index (χ3v) is 1.20. The Bertz CT molecular complexity index is 59.0. The van der Waals surface area contributed by atoms with Crippen LogP contribution in [-0.2, 0) is 0 Å². The molecule has 0 radical (unpaired) electrons. The molecule has 0 aromatic heterocycles. The highest BCUT2D eigenvalue weighted by atomic mass is 16.3. The second kappa shape index (κ2) is 6.01. The van der Waals surface area contributed by atoms with Gasteiger partial charge >= 0.3 is 0 Å². The van der Waals surface area contributed by atoms with Crippen LogP contribution in [0.1, 0.15) is 13.3 Å². The van der Waals surface area contributed by atoms with Gasteiger partial charge in [-0.2, -0.15) is 0 Å². The highest BCUT2D eigenvalue weighted by Gasteiger charge is 1.96. The van der Waals surface area contributed by atoms with Crippen molar-refractivity contribution in [1.29, 1.82) is 0 Å². The van der Waals surface area contributed by atoms with Crippen molar-refractivity contribution >= 4 is 0 Å². The maximum Gasteiger partial charge on any atom is 0.0445 e. The molecule has 3 heteroatoms. The van der Waals surface area contributed by atoms with E-state index in [0.29, 0.717) is 12.6 Å². The zero-order chi connectivity index (χ0) is 7.11. The van der Waals surface area contributed by atoms with Crippen LogP contribution in [0.5, 0.6) is 0 Å². The van der Waals surface area contributed by atoms with Crippen LogP contribution >= 0.6 is 0 Å². The summed E-state index contributed by atoms with van der Waals surface area (Å²) >= 11 is 0. The molecule has 0 saturated heterocycles. The van der Waals surface area contributed by atoms with E-state index in [-0.39, 0.29) is 6.61 Å². The summed E-state index contributed by atoms with van der Waals surface area (Å²) in [7, 11) is 0. The van der Waals surface area contributed by atoms with Gasteiger partial charge in [-0.15, -0.1) is 0 Å². The lowest BCUT2D eigenvalue weighted by atomic mass is 10.2. The van der Waals surface area contributed by atoms with Crippen LogP contribution in [0.3, 0.4) is 0 Å². The number of rotatable bonds is 5. The Hall–Kier alpha value is -0.120. The number of nitrogens with two attached hydrogens (primary N) is 1. The Morgan fingerprint density at radius 3 is 2.78 bits per heavy atom. The van der Waals surface area contributed by atoms with Crippen LogP contribution in [0.25, 0.3) is 0 Å². The van der Waals surface area contributed by atoms with Gasteiger partial charge in [0.2, 0.25) is 0 Å². The Labute approximate surface area is 56.2 Å². The van der Waals surface area contributed by atoms with Crippen molar-refractivity contribution in [2.75, 3.05) is 19.7 Å². The molecule has 1 atom stereocenters. The molecule has 1 unspecified atom stereocenters. The molecule has 0 saturated carbocycles. The molecule has 0 bridgehead atoms. The second-order valence-electron chi connectivity index (χ2n) is 2.16. The molecule has 0 amide bonds. The average Bonchev–Trinajstić information content (AvgIpc) is 1.85. The molecule has 4 N–H and O–H groups in total. The van der Waals surface area contributed by atoms with Crippen LogP contribution in [0, 0.1) is 0 Å². The maximum absolute atomic E-state index is 8.46. The molecule has 0 aliphatic heterocycles. The molecule has 0 fully saturated rings. The molecule has 3 nitrogen and oxygen atoms in total. The molecular weight excluding hydrogens is 116 g/mol. The van der Waals surface area contributed by atoms with E-state index in [1.807, 2.05) is 6.92 Å². The van der Waals surface area contributed by atoms with Crippen molar-refractivity contribution in [2.45, 2.75) is 19.4 Å². The predicted molar refractivity (Wildman–Crippen MR) is 38.2 cm³/mol. The van der Waals surface area contributed by atoms with Crippen molar-refractivity contribution < 1.29 is 5.11 Å². The molecule has 0 aliphatic rings. The van der Waals surface area contributed by atoms with E-state index in [0.717, 1.165) is 13.0 Å². The first kappa shape index (κ1) is 8.88. The summed E-state index contributed by atoms with van der Waals surface area (Å²) in [4.78, 5) is 0. The van der Waals surface area contributed by atoms with Crippen molar-refractivity contribution in [3.63, 3.8) is 0 Å². The van der Waals surface area contributed by atoms with Crippen molar-refractivity contribution in [3.8, 4) is 0 Å². The SMILES string of the molecule is CC(CCO)NCCN. The largest absolute Gasteiger partial charge is 0.396 e. The standard InChI is InChI=1S/C6H16N2O/c1-6(2-5-9)8-4-3-7/h6,8-9H,2-5,7H2,1H3. The number of aliphatic hydroxyl groups excluding tert-OH is 1. The lowest BCUT2D eigenvalue weighted by Gasteiger charge is -2.09. The van der Waals surface area contributed by atoms with Crippen molar-refractivity contribution in [1.82, 2.24) is 5.32 Å². The Morgan fingerprint density at radius 2 is 2.33 bits per heavy atom. The van der Waals surface area contributed by atoms with E-state index in [1.54, 1.807) is 0 Å². The third kappa shape index (κ3) is 5.76. The fourth-order valence-corrected chi connectivity index (χ4v) is 0.625. The van der Waals surface area contributed by atoms with Crippen LogP contribution in [0.4, 0.5) is 0 Å². The number of hydrogen-bond acceptors (Lipinski definition) is 3. The maximum atomic E-state index is 8.46. The number of aliphatic hydroxyl groups is 1. The summed E-state index contributed by atoms with van der Waals surface area (Å²) in [6, 6.07) is 0.388. The van der Waals surface area contributed by atoms with E-state index >= 15 is 0 Å². The fourth-order valence-electron chi connectivity index (χ4n) is 0.625. The Kier molecular flexibility index (Phi) is 5.93. The summed E-state index contributed by atoms with van der Waals surface area (Å²) in [5, 5.41) is 11.6. The highest BCUT2D eigenvalue weighted by molar-refractivity contribution is 4.58. The van der Waals surface area contributed by atoms with Crippen LogP contribution in [-0.4, -0.2) is 30.8 Å². The molecule has 0 aromatic carbocycles. The minimum atomic E-state index is 0.249. The zero-order valence-electron chi connectivity index (χ0n) is 5.93. The van der Waals surface area contributed by atoms with Crippen molar-refractivity contribution in [2.24, 2.45) is 5.73 Å². The minimum absolute atomic E-state index is 0.249. The Balaban J connectivity index is 2.95. The first-order valence-corrected chi connectivity index (χ1v) is 3.35. The van der Waals surface area contributed by atoms with Crippen LogP contribution < -0.4 is 11.1 Å². The van der Waals surface area contributed by atoms with E-state index in [1.165, 1.54) is 0 Å². The van der Waals surface area contributed by atoms with Gasteiger partial charge < -0.3 is 16.2 Å². The van der Waals surface area contributed by atoms with Gasteiger partial charge in [-0.3, -0.25) is 0 Å². The van der Waals surface area contributed by atoms with Gasteiger partial charge in [-0.1, -0.05) is 0 Å². The third-order valence-electron chi connectivity index (χ3n) is 1.20. The smallest absolute Gasteiger partial charge is 0.0445 e. The number of hydrogen-bond donors (Lipinski definition) is 3. The van der Waals surface area contributed by atoms with Gasteiger partial charge in [-0.05, 0) is 13.3 Å². The minimum Gasteiger partial charge on any atom is -0.396 e. The summed E-state index contributed by atoms with van der Waals surface area (Å²) in [6.07, 6.45) is 0.806. The topological polar surface area (TPSA) is 58.3 Å². The van der Waals surface area contributed by atoms with E-state index in [4.69, 9.17) is 10.8 Å². The first-order valence-electron chi connectivity index (χ1n) is 3.35. The fraction of sp³-hybridized carbons (Fsp3) is 1.00. The van der Waals surface area contributed by atoms with Crippen LogP contribution in [0.15, 0.2) is 0 Å². The molecule has 0 rings (SSSR count). The quantitative estimate of drug-likeness (QED) is 0.464. The van der Waals surface area contributed by atoms with Crippen LogP contribution in [0.2, 0.25) is 0 Å². The van der Waals surface area contributed by atoms with Gasteiger partial charge in [0.25, 0.3) is 0 Å². The Morgan fingerprint density at radius 1 is 1.67 bits per heavy atom. The lowest BCUT2D eigenvalue weighted by Crippen LogP contribution is -2.31. The number of nitrogens with one attached hydrogen (secondary N) is 1. The average molecular weight is 132 g/mol. The molecular formula is C6H16N2O. The normalized spacial score (nSPS) is 13.7. The van der Waals surface area contributed by atoms with E-state index in [2.05, 4.69) is 5.32 Å². The molecule has 0 aliphatic carbocycles. The lowest BCUT2D eigenvalue weighted by molar-refractivity contribution is 0.269.